The van der Waals surface area contributed by atoms with Gasteiger partial charge in [0, 0.05) is 19.6 Å². The van der Waals surface area contributed by atoms with E-state index >= 15 is 0 Å². The second kappa shape index (κ2) is 7.10. The van der Waals surface area contributed by atoms with E-state index < -0.39 is 0 Å². The molecule has 102 valence electrons. The van der Waals surface area contributed by atoms with Gasteiger partial charge in [0.05, 0.1) is 5.92 Å². The van der Waals surface area contributed by atoms with Gasteiger partial charge in [-0.05, 0) is 24.9 Å². The van der Waals surface area contributed by atoms with Crippen molar-refractivity contribution in [1.82, 2.24) is 10.2 Å². The van der Waals surface area contributed by atoms with Gasteiger partial charge in [0.2, 0.25) is 5.91 Å². The number of hydrogen-bond acceptors (Lipinski definition) is 2. The standard InChI is InChI=1S/C16H22N2O/c1-2-11-18(16(19)15-8-10-17-13-15)12-9-14-6-4-3-5-7-14/h2-7,15,17H,1,8-13H2. The van der Waals surface area contributed by atoms with Crippen LogP contribution < -0.4 is 5.32 Å². The molecule has 1 heterocycles. The molecule has 19 heavy (non-hydrogen) atoms. The summed E-state index contributed by atoms with van der Waals surface area (Å²) in [5.74, 6) is 0.413. The van der Waals surface area contributed by atoms with Crippen LogP contribution in [0.5, 0.6) is 0 Å². The second-order valence-electron chi connectivity index (χ2n) is 5.00. The molecule has 0 radical (unpaired) electrons. The molecule has 1 unspecified atom stereocenters. The molecule has 0 aliphatic carbocycles. The fourth-order valence-electron chi connectivity index (χ4n) is 2.48. The van der Waals surface area contributed by atoms with Crippen molar-refractivity contribution in [1.29, 1.82) is 0 Å². The summed E-state index contributed by atoms with van der Waals surface area (Å²) < 4.78 is 0. The lowest BCUT2D eigenvalue weighted by molar-refractivity contribution is -0.134. The van der Waals surface area contributed by atoms with Crippen LogP contribution >= 0.6 is 0 Å². The molecule has 0 bridgehead atoms. The van der Waals surface area contributed by atoms with Gasteiger partial charge in [0.1, 0.15) is 0 Å². The molecule has 1 atom stereocenters. The maximum Gasteiger partial charge on any atom is 0.227 e. The van der Waals surface area contributed by atoms with Crippen molar-refractivity contribution >= 4 is 5.91 Å². The highest BCUT2D eigenvalue weighted by Gasteiger charge is 2.26. The topological polar surface area (TPSA) is 32.3 Å². The summed E-state index contributed by atoms with van der Waals surface area (Å²) in [6.07, 6.45) is 3.67. The van der Waals surface area contributed by atoms with Gasteiger partial charge in [-0.3, -0.25) is 4.79 Å². The molecule has 1 aliphatic heterocycles. The van der Waals surface area contributed by atoms with E-state index in [0.717, 1.165) is 32.5 Å². The van der Waals surface area contributed by atoms with Crippen LogP contribution in [0, 0.1) is 5.92 Å². The normalized spacial score (nSPS) is 18.2. The molecular formula is C16H22N2O. The first-order valence-electron chi connectivity index (χ1n) is 6.95. The minimum atomic E-state index is 0.149. The molecule has 0 spiro atoms. The van der Waals surface area contributed by atoms with Gasteiger partial charge < -0.3 is 10.2 Å². The smallest absolute Gasteiger partial charge is 0.227 e. The van der Waals surface area contributed by atoms with Crippen molar-refractivity contribution in [2.75, 3.05) is 26.2 Å². The lowest BCUT2D eigenvalue weighted by Crippen LogP contribution is -2.38. The molecule has 2 rings (SSSR count). The Bertz CT molecular complexity index is 410. The number of amides is 1. The average molecular weight is 258 g/mol. The van der Waals surface area contributed by atoms with Crippen molar-refractivity contribution in [3.63, 3.8) is 0 Å². The van der Waals surface area contributed by atoms with E-state index in [1.165, 1.54) is 5.56 Å². The predicted octanol–water partition coefficient (Wildman–Crippen LogP) is 1.85. The number of nitrogens with one attached hydrogen (secondary N) is 1. The maximum absolute atomic E-state index is 12.4. The second-order valence-corrected chi connectivity index (χ2v) is 5.00. The largest absolute Gasteiger partial charge is 0.338 e. The number of rotatable bonds is 6. The number of hydrogen-bond donors (Lipinski definition) is 1. The van der Waals surface area contributed by atoms with Crippen LogP contribution in [0.3, 0.4) is 0 Å². The van der Waals surface area contributed by atoms with E-state index in [-0.39, 0.29) is 11.8 Å². The molecule has 1 aliphatic rings. The maximum atomic E-state index is 12.4. The predicted molar refractivity (Wildman–Crippen MR) is 77.9 cm³/mol. The van der Waals surface area contributed by atoms with Crippen LogP contribution in [-0.2, 0) is 11.2 Å². The van der Waals surface area contributed by atoms with Crippen molar-refractivity contribution in [2.45, 2.75) is 12.8 Å². The molecular weight excluding hydrogens is 236 g/mol. The van der Waals surface area contributed by atoms with Crippen LogP contribution in [0.25, 0.3) is 0 Å². The third-order valence-electron chi connectivity index (χ3n) is 3.58. The summed E-state index contributed by atoms with van der Waals surface area (Å²) in [7, 11) is 0. The van der Waals surface area contributed by atoms with Crippen LogP contribution in [0.15, 0.2) is 43.0 Å². The highest BCUT2D eigenvalue weighted by atomic mass is 16.2. The number of carbonyl (C=O) groups excluding carboxylic acids is 1. The van der Waals surface area contributed by atoms with Gasteiger partial charge in [-0.2, -0.15) is 0 Å². The number of carbonyl (C=O) groups is 1. The molecule has 1 amide bonds. The van der Waals surface area contributed by atoms with Gasteiger partial charge in [-0.25, -0.2) is 0 Å². The van der Waals surface area contributed by atoms with E-state index in [1.807, 2.05) is 29.2 Å². The van der Waals surface area contributed by atoms with E-state index in [2.05, 4.69) is 24.0 Å². The highest BCUT2D eigenvalue weighted by Crippen LogP contribution is 2.12. The van der Waals surface area contributed by atoms with Crippen LogP contribution in [0.2, 0.25) is 0 Å². The van der Waals surface area contributed by atoms with E-state index in [1.54, 1.807) is 0 Å². The quantitative estimate of drug-likeness (QED) is 0.790. The van der Waals surface area contributed by atoms with E-state index in [0.29, 0.717) is 6.54 Å². The molecule has 3 heteroatoms. The summed E-state index contributed by atoms with van der Waals surface area (Å²) >= 11 is 0. The van der Waals surface area contributed by atoms with Gasteiger partial charge in [0.15, 0.2) is 0 Å². The SMILES string of the molecule is C=CCN(CCc1ccccc1)C(=O)C1CCNC1. The highest BCUT2D eigenvalue weighted by molar-refractivity contribution is 5.79. The van der Waals surface area contributed by atoms with Crippen molar-refractivity contribution in [3.8, 4) is 0 Å². The third kappa shape index (κ3) is 3.93. The fraction of sp³-hybridized carbons (Fsp3) is 0.438. The summed E-state index contributed by atoms with van der Waals surface area (Å²) in [6, 6.07) is 10.3. The van der Waals surface area contributed by atoms with Crippen LogP contribution in [0.4, 0.5) is 0 Å². The Morgan fingerprint density at radius 2 is 2.21 bits per heavy atom. The van der Waals surface area contributed by atoms with Crippen molar-refractivity contribution < 1.29 is 4.79 Å². The fourth-order valence-corrected chi connectivity index (χ4v) is 2.48. The molecule has 0 aromatic heterocycles. The van der Waals surface area contributed by atoms with E-state index in [4.69, 9.17) is 0 Å². The first kappa shape index (κ1) is 13.8. The lowest BCUT2D eigenvalue weighted by atomic mass is 10.1. The summed E-state index contributed by atoms with van der Waals surface area (Å²) in [4.78, 5) is 14.3. The van der Waals surface area contributed by atoms with Gasteiger partial charge in [-0.15, -0.1) is 6.58 Å². The Hall–Kier alpha value is -1.61. The van der Waals surface area contributed by atoms with Gasteiger partial charge in [0.25, 0.3) is 0 Å². The zero-order valence-electron chi connectivity index (χ0n) is 11.3. The average Bonchev–Trinajstić information content (AvgIpc) is 2.98. The minimum absolute atomic E-state index is 0.149. The minimum Gasteiger partial charge on any atom is -0.338 e. The van der Waals surface area contributed by atoms with Crippen molar-refractivity contribution in [2.24, 2.45) is 5.92 Å². The number of benzene rings is 1. The zero-order valence-corrected chi connectivity index (χ0v) is 11.3. The molecule has 1 saturated heterocycles. The molecule has 1 N–H and O–H groups in total. The zero-order chi connectivity index (χ0) is 13.5. The molecule has 0 saturated carbocycles. The Kier molecular flexibility index (Phi) is 5.16. The van der Waals surface area contributed by atoms with E-state index in [9.17, 15) is 4.79 Å². The molecule has 1 fully saturated rings. The monoisotopic (exact) mass is 258 g/mol. The summed E-state index contributed by atoms with van der Waals surface area (Å²) in [6.45, 7) is 6.94. The first-order chi connectivity index (χ1) is 9.31. The summed E-state index contributed by atoms with van der Waals surface area (Å²) in [5.41, 5.74) is 1.27. The Morgan fingerprint density at radius 1 is 1.42 bits per heavy atom. The molecule has 1 aromatic rings. The van der Waals surface area contributed by atoms with Gasteiger partial charge >= 0.3 is 0 Å². The van der Waals surface area contributed by atoms with Gasteiger partial charge in [-0.1, -0.05) is 36.4 Å². The van der Waals surface area contributed by atoms with Crippen molar-refractivity contribution in [3.05, 3.63) is 48.6 Å². The third-order valence-corrected chi connectivity index (χ3v) is 3.58. The molecule has 1 aromatic carbocycles. The first-order valence-corrected chi connectivity index (χ1v) is 6.95. The summed E-state index contributed by atoms with van der Waals surface area (Å²) in [5, 5.41) is 3.25. The van der Waals surface area contributed by atoms with Crippen LogP contribution in [0.1, 0.15) is 12.0 Å². The Labute approximate surface area is 115 Å². The lowest BCUT2D eigenvalue weighted by Gasteiger charge is -2.24. The number of nitrogens with zero attached hydrogens (tertiary/aromatic N) is 1. The molecule has 3 nitrogen and oxygen atoms in total. The Balaban J connectivity index is 1.91. The van der Waals surface area contributed by atoms with Crippen LogP contribution in [-0.4, -0.2) is 37.0 Å². The Morgan fingerprint density at radius 3 is 2.84 bits per heavy atom.